The maximum absolute atomic E-state index is 13.0. The molecule has 0 N–H and O–H groups in total. The first-order chi connectivity index (χ1) is 14.7. The zero-order chi connectivity index (χ0) is 20.8. The summed E-state index contributed by atoms with van der Waals surface area (Å²) in [6.07, 6.45) is 1.67. The van der Waals surface area contributed by atoms with Gasteiger partial charge in [0.1, 0.15) is 11.5 Å². The van der Waals surface area contributed by atoms with Crippen LogP contribution in [0.5, 0.6) is 17.4 Å². The van der Waals surface area contributed by atoms with Gasteiger partial charge in [-0.2, -0.15) is 0 Å². The number of hydrogen-bond donors (Lipinski definition) is 0. The number of aryl methyl sites for hydroxylation is 1. The second-order valence-corrected chi connectivity index (χ2v) is 7.20. The number of amides is 1. The van der Waals surface area contributed by atoms with Crippen molar-refractivity contribution < 1.29 is 14.3 Å². The highest BCUT2D eigenvalue weighted by Gasteiger charge is 2.21. The Labute approximate surface area is 178 Å². The molecule has 0 saturated heterocycles. The fourth-order valence-corrected chi connectivity index (χ4v) is 3.56. The molecule has 30 heavy (non-hydrogen) atoms. The van der Waals surface area contributed by atoms with Crippen molar-refractivity contribution in [2.45, 2.75) is 6.92 Å². The molecule has 0 saturated carbocycles. The number of ether oxygens (including phenoxy) is 2. The molecule has 0 fully saturated rings. The van der Waals surface area contributed by atoms with E-state index in [0.717, 1.165) is 11.4 Å². The number of hydrogen-bond acceptors (Lipinski definition) is 6. The molecule has 7 heteroatoms. The van der Waals surface area contributed by atoms with E-state index in [1.165, 1.54) is 11.3 Å². The smallest absolute Gasteiger partial charge is 0.271 e. The molecule has 0 aliphatic carbocycles. The van der Waals surface area contributed by atoms with Gasteiger partial charge in [-0.05, 0) is 49.4 Å². The highest BCUT2D eigenvalue weighted by atomic mass is 32.1. The van der Waals surface area contributed by atoms with Gasteiger partial charge in [-0.1, -0.05) is 24.3 Å². The monoisotopic (exact) mass is 417 g/mol. The normalized spacial score (nSPS) is 10.4. The van der Waals surface area contributed by atoms with Crippen molar-refractivity contribution >= 4 is 28.1 Å². The summed E-state index contributed by atoms with van der Waals surface area (Å²) in [4.78, 5) is 23.1. The van der Waals surface area contributed by atoms with Crippen LogP contribution < -0.4 is 14.4 Å². The minimum atomic E-state index is -0.204. The summed E-state index contributed by atoms with van der Waals surface area (Å²) in [5, 5.41) is 2.53. The summed E-state index contributed by atoms with van der Waals surface area (Å²) in [6.45, 7) is 1.78. The van der Waals surface area contributed by atoms with Crippen molar-refractivity contribution in [1.82, 2.24) is 9.97 Å². The van der Waals surface area contributed by atoms with Gasteiger partial charge >= 0.3 is 0 Å². The molecule has 6 nitrogen and oxygen atoms in total. The Hall–Kier alpha value is -3.71. The number of carbonyl (C=O) groups is 1. The SMILES string of the molecule is Cc1csc(N(C(=O)COc2ccc(Oc3ccccn3)cc2)c2ccccc2)n1. The molecule has 0 atom stereocenters. The molecule has 0 aliphatic heterocycles. The zero-order valence-electron chi connectivity index (χ0n) is 16.3. The Kier molecular flexibility index (Phi) is 6.01. The third kappa shape index (κ3) is 4.82. The quantitative estimate of drug-likeness (QED) is 0.404. The van der Waals surface area contributed by atoms with Gasteiger partial charge in [0, 0.05) is 17.6 Å². The summed E-state index contributed by atoms with van der Waals surface area (Å²) in [6, 6.07) is 21.9. The first kappa shape index (κ1) is 19.6. The Morgan fingerprint density at radius 1 is 0.967 bits per heavy atom. The van der Waals surface area contributed by atoms with Crippen molar-refractivity contribution in [1.29, 1.82) is 0 Å². The van der Waals surface area contributed by atoms with E-state index in [4.69, 9.17) is 9.47 Å². The molecule has 0 spiro atoms. The molecule has 0 bridgehead atoms. The van der Waals surface area contributed by atoms with Crippen LogP contribution in [-0.2, 0) is 4.79 Å². The van der Waals surface area contributed by atoms with Crippen LogP contribution in [-0.4, -0.2) is 22.5 Å². The van der Waals surface area contributed by atoms with Crippen LogP contribution in [0, 0.1) is 6.92 Å². The van der Waals surface area contributed by atoms with Gasteiger partial charge in [0.15, 0.2) is 11.7 Å². The first-order valence-electron chi connectivity index (χ1n) is 9.31. The molecule has 2 heterocycles. The predicted molar refractivity (Wildman–Crippen MR) is 117 cm³/mol. The number of nitrogens with zero attached hydrogens (tertiary/aromatic N) is 3. The lowest BCUT2D eigenvalue weighted by Crippen LogP contribution is -2.30. The van der Waals surface area contributed by atoms with Crippen molar-refractivity contribution in [3.05, 3.63) is 90.1 Å². The summed E-state index contributed by atoms with van der Waals surface area (Å²) < 4.78 is 11.4. The summed E-state index contributed by atoms with van der Waals surface area (Å²) in [5.74, 6) is 1.51. The van der Waals surface area contributed by atoms with Crippen LogP contribution in [0.4, 0.5) is 10.8 Å². The third-order valence-corrected chi connectivity index (χ3v) is 5.05. The molecule has 4 aromatic rings. The Bertz CT molecular complexity index is 1100. The number of rotatable bonds is 7. The second kappa shape index (κ2) is 9.19. The fraction of sp³-hybridized carbons (Fsp3) is 0.0870. The van der Waals surface area contributed by atoms with Gasteiger partial charge in [-0.25, -0.2) is 9.97 Å². The maximum atomic E-state index is 13.0. The van der Waals surface area contributed by atoms with Crippen molar-refractivity contribution in [2.24, 2.45) is 0 Å². The van der Waals surface area contributed by atoms with Crippen LogP contribution in [0.15, 0.2) is 84.4 Å². The fourth-order valence-electron chi connectivity index (χ4n) is 2.72. The lowest BCUT2D eigenvalue weighted by atomic mass is 10.3. The summed E-state index contributed by atoms with van der Waals surface area (Å²) in [7, 11) is 0. The molecule has 0 unspecified atom stereocenters. The highest BCUT2D eigenvalue weighted by Crippen LogP contribution is 2.29. The molecule has 0 radical (unpaired) electrons. The van der Waals surface area contributed by atoms with E-state index in [-0.39, 0.29) is 12.5 Å². The van der Waals surface area contributed by atoms with Gasteiger partial charge in [-0.3, -0.25) is 9.69 Å². The van der Waals surface area contributed by atoms with E-state index in [2.05, 4.69) is 9.97 Å². The van der Waals surface area contributed by atoms with E-state index >= 15 is 0 Å². The van der Waals surface area contributed by atoms with Gasteiger partial charge in [0.2, 0.25) is 5.88 Å². The molecule has 0 aliphatic rings. The van der Waals surface area contributed by atoms with Gasteiger partial charge in [0.05, 0.1) is 11.4 Å². The Balaban J connectivity index is 1.43. The third-order valence-electron chi connectivity index (χ3n) is 4.11. The highest BCUT2D eigenvalue weighted by molar-refractivity contribution is 7.14. The number of anilines is 2. The Morgan fingerprint density at radius 2 is 1.70 bits per heavy atom. The van der Waals surface area contributed by atoms with Crippen LogP contribution in [0.25, 0.3) is 0 Å². The van der Waals surface area contributed by atoms with Gasteiger partial charge in [-0.15, -0.1) is 11.3 Å². The summed E-state index contributed by atoms with van der Waals surface area (Å²) in [5.41, 5.74) is 1.62. The Morgan fingerprint density at radius 3 is 2.37 bits per heavy atom. The van der Waals surface area contributed by atoms with Gasteiger partial charge in [0.25, 0.3) is 5.91 Å². The molecular weight excluding hydrogens is 398 g/mol. The van der Waals surface area contributed by atoms with E-state index in [1.807, 2.05) is 54.8 Å². The van der Waals surface area contributed by atoms with Crippen molar-refractivity contribution in [3.63, 3.8) is 0 Å². The second-order valence-electron chi connectivity index (χ2n) is 6.37. The zero-order valence-corrected chi connectivity index (χ0v) is 17.1. The number of thiazole rings is 1. The van der Waals surface area contributed by atoms with E-state index in [9.17, 15) is 4.79 Å². The van der Waals surface area contributed by atoms with Crippen LogP contribution >= 0.6 is 11.3 Å². The minimum absolute atomic E-state index is 0.117. The number of benzene rings is 2. The summed E-state index contributed by atoms with van der Waals surface area (Å²) >= 11 is 1.42. The molecule has 4 rings (SSSR count). The largest absolute Gasteiger partial charge is 0.484 e. The van der Waals surface area contributed by atoms with Gasteiger partial charge < -0.3 is 9.47 Å². The van der Waals surface area contributed by atoms with E-state index in [1.54, 1.807) is 41.4 Å². The molecular formula is C23H19N3O3S. The van der Waals surface area contributed by atoms with E-state index < -0.39 is 0 Å². The molecule has 1 amide bonds. The number of para-hydroxylation sites is 1. The van der Waals surface area contributed by atoms with Crippen LogP contribution in [0.2, 0.25) is 0 Å². The van der Waals surface area contributed by atoms with E-state index in [0.29, 0.717) is 22.5 Å². The average molecular weight is 417 g/mol. The number of pyridine rings is 1. The average Bonchev–Trinajstić information content (AvgIpc) is 3.20. The first-order valence-corrected chi connectivity index (χ1v) is 10.2. The molecule has 150 valence electrons. The molecule has 2 aromatic carbocycles. The lowest BCUT2D eigenvalue weighted by molar-refractivity contribution is -0.119. The van der Waals surface area contributed by atoms with Crippen LogP contribution in [0.1, 0.15) is 5.69 Å². The topological polar surface area (TPSA) is 64.6 Å². The van der Waals surface area contributed by atoms with Crippen molar-refractivity contribution in [2.75, 3.05) is 11.5 Å². The minimum Gasteiger partial charge on any atom is -0.484 e. The lowest BCUT2D eigenvalue weighted by Gasteiger charge is -2.20. The van der Waals surface area contributed by atoms with Crippen molar-refractivity contribution in [3.8, 4) is 17.4 Å². The predicted octanol–water partition coefficient (Wildman–Crippen LogP) is 5.38. The maximum Gasteiger partial charge on any atom is 0.271 e. The molecule has 2 aromatic heterocycles. The number of carbonyl (C=O) groups excluding carboxylic acids is 1. The number of aromatic nitrogens is 2. The standard InChI is InChI=1S/C23H19N3O3S/c1-17-16-30-23(25-17)26(18-7-3-2-4-8-18)22(27)15-28-19-10-12-20(13-11-19)29-21-9-5-6-14-24-21/h2-14,16H,15H2,1H3. The van der Waals surface area contributed by atoms with Crippen LogP contribution in [0.3, 0.4) is 0 Å².